The van der Waals surface area contributed by atoms with Crippen molar-refractivity contribution in [1.82, 2.24) is 10.6 Å². The molecule has 7 heteroatoms. The standard InChI is InChI=1S/C17H21F3N2O2/c18-12-6-7-13(19)16(20)15(12)17(24)22-9-8-21-14(23)10-11-4-2-1-3-5-11/h6-7,11H,1-5,8-10H2,(H,21,23)(H,22,24). The summed E-state index contributed by atoms with van der Waals surface area (Å²) in [4.78, 5) is 23.5. The molecule has 2 N–H and O–H groups in total. The fourth-order valence-electron chi connectivity index (χ4n) is 2.93. The third-order valence-corrected chi connectivity index (χ3v) is 4.20. The van der Waals surface area contributed by atoms with E-state index in [1.807, 2.05) is 0 Å². The van der Waals surface area contributed by atoms with Crippen LogP contribution in [-0.2, 0) is 4.79 Å². The van der Waals surface area contributed by atoms with E-state index < -0.39 is 28.9 Å². The van der Waals surface area contributed by atoms with Crippen LogP contribution in [-0.4, -0.2) is 24.9 Å². The van der Waals surface area contributed by atoms with Crippen molar-refractivity contribution in [3.05, 3.63) is 35.1 Å². The minimum atomic E-state index is -1.52. The summed E-state index contributed by atoms with van der Waals surface area (Å²) in [6.07, 6.45) is 6.10. The normalized spacial score (nSPS) is 15.1. The van der Waals surface area contributed by atoms with Gasteiger partial charge < -0.3 is 10.6 Å². The van der Waals surface area contributed by atoms with Crippen LogP contribution in [0.1, 0.15) is 48.9 Å². The SMILES string of the molecule is O=C(CC1CCCCC1)NCCNC(=O)c1c(F)ccc(F)c1F. The number of amides is 2. The minimum absolute atomic E-state index is 0.00460. The van der Waals surface area contributed by atoms with Gasteiger partial charge in [-0.1, -0.05) is 19.3 Å². The van der Waals surface area contributed by atoms with E-state index in [0.29, 0.717) is 24.5 Å². The Morgan fingerprint density at radius 3 is 2.29 bits per heavy atom. The number of carbonyl (C=O) groups excluding carboxylic acids is 2. The zero-order valence-electron chi connectivity index (χ0n) is 13.3. The van der Waals surface area contributed by atoms with Gasteiger partial charge in [-0.15, -0.1) is 0 Å². The molecule has 0 atom stereocenters. The predicted octanol–water partition coefficient (Wildman–Crippen LogP) is 2.92. The molecule has 4 nitrogen and oxygen atoms in total. The molecular weight excluding hydrogens is 321 g/mol. The van der Waals surface area contributed by atoms with Crippen LogP contribution in [0, 0.1) is 23.4 Å². The summed E-state index contributed by atoms with van der Waals surface area (Å²) in [5.74, 6) is -4.68. The molecule has 0 unspecified atom stereocenters. The number of hydrogen-bond acceptors (Lipinski definition) is 2. The molecule has 24 heavy (non-hydrogen) atoms. The first-order valence-electron chi connectivity index (χ1n) is 8.17. The van der Waals surface area contributed by atoms with Crippen LogP contribution < -0.4 is 10.6 Å². The summed E-state index contributed by atoms with van der Waals surface area (Å²) in [5, 5.41) is 4.93. The van der Waals surface area contributed by atoms with Crippen molar-refractivity contribution in [1.29, 1.82) is 0 Å². The fraction of sp³-hybridized carbons (Fsp3) is 0.529. The molecular formula is C17H21F3N2O2. The molecule has 1 aliphatic rings. The summed E-state index contributed by atoms with van der Waals surface area (Å²) in [7, 11) is 0. The third kappa shape index (κ3) is 4.97. The van der Waals surface area contributed by atoms with E-state index in [1.54, 1.807) is 0 Å². The molecule has 2 amide bonds. The molecule has 1 aromatic carbocycles. The Balaban J connectivity index is 1.73. The van der Waals surface area contributed by atoms with E-state index in [2.05, 4.69) is 10.6 Å². The summed E-state index contributed by atoms with van der Waals surface area (Å²) in [5.41, 5.74) is -0.955. The van der Waals surface area contributed by atoms with Gasteiger partial charge in [-0.05, 0) is 30.9 Å². The molecule has 132 valence electrons. The molecule has 0 heterocycles. The van der Waals surface area contributed by atoms with E-state index >= 15 is 0 Å². The van der Waals surface area contributed by atoms with Crippen LogP contribution in [0.25, 0.3) is 0 Å². The van der Waals surface area contributed by atoms with Crippen molar-refractivity contribution in [3.8, 4) is 0 Å². The van der Waals surface area contributed by atoms with E-state index in [4.69, 9.17) is 0 Å². The second-order valence-electron chi connectivity index (χ2n) is 6.03. The van der Waals surface area contributed by atoms with Gasteiger partial charge in [0.05, 0.1) is 0 Å². The number of benzene rings is 1. The Morgan fingerprint density at radius 2 is 1.58 bits per heavy atom. The first-order valence-corrected chi connectivity index (χ1v) is 8.17. The molecule has 0 aromatic heterocycles. The number of nitrogens with one attached hydrogen (secondary N) is 2. The monoisotopic (exact) mass is 342 g/mol. The molecule has 1 fully saturated rings. The van der Waals surface area contributed by atoms with E-state index in [9.17, 15) is 22.8 Å². The van der Waals surface area contributed by atoms with Gasteiger partial charge in [0.25, 0.3) is 5.91 Å². The Bertz CT molecular complexity index is 602. The first kappa shape index (κ1) is 18.3. The molecule has 0 radical (unpaired) electrons. The van der Waals surface area contributed by atoms with Crippen LogP contribution >= 0.6 is 0 Å². The van der Waals surface area contributed by atoms with Gasteiger partial charge in [-0.3, -0.25) is 9.59 Å². The maximum absolute atomic E-state index is 13.5. The van der Waals surface area contributed by atoms with E-state index in [-0.39, 0.29) is 19.0 Å². The highest BCUT2D eigenvalue weighted by atomic mass is 19.2. The second-order valence-corrected chi connectivity index (χ2v) is 6.03. The van der Waals surface area contributed by atoms with Gasteiger partial charge in [0, 0.05) is 19.5 Å². The number of carbonyl (C=O) groups is 2. The van der Waals surface area contributed by atoms with Crippen LogP contribution in [0.3, 0.4) is 0 Å². The lowest BCUT2D eigenvalue weighted by atomic mass is 9.87. The predicted molar refractivity (Wildman–Crippen MR) is 82.9 cm³/mol. The van der Waals surface area contributed by atoms with Crippen molar-refractivity contribution in [2.24, 2.45) is 5.92 Å². The fourth-order valence-corrected chi connectivity index (χ4v) is 2.93. The number of hydrogen-bond donors (Lipinski definition) is 2. The third-order valence-electron chi connectivity index (χ3n) is 4.20. The number of halogens is 3. The Kier molecular flexibility index (Phi) is 6.63. The van der Waals surface area contributed by atoms with E-state index in [0.717, 1.165) is 25.7 Å². The summed E-state index contributed by atoms with van der Waals surface area (Å²) in [6, 6.07) is 1.31. The highest BCUT2D eigenvalue weighted by molar-refractivity contribution is 5.94. The lowest BCUT2D eigenvalue weighted by molar-refractivity contribution is -0.122. The summed E-state index contributed by atoms with van der Waals surface area (Å²) >= 11 is 0. The largest absolute Gasteiger partial charge is 0.354 e. The van der Waals surface area contributed by atoms with E-state index in [1.165, 1.54) is 6.42 Å². The zero-order valence-corrected chi connectivity index (χ0v) is 13.3. The van der Waals surface area contributed by atoms with Gasteiger partial charge in [0.2, 0.25) is 5.91 Å². The van der Waals surface area contributed by atoms with Crippen molar-refractivity contribution in [3.63, 3.8) is 0 Å². The average Bonchev–Trinajstić information content (AvgIpc) is 2.56. The maximum atomic E-state index is 13.5. The number of rotatable bonds is 6. The molecule has 0 bridgehead atoms. The van der Waals surface area contributed by atoms with Gasteiger partial charge >= 0.3 is 0 Å². The molecule has 0 aliphatic heterocycles. The lowest BCUT2D eigenvalue weighted by Crippen LogP contribution is -2.36. The van der Waals surface area contributed by atoms with Crippen LogP contribution in [0.2, 0.25) is 0 Å². The van der Waals surface area contributed by atoms with Crippen molar-refractivity contribution in [2.45, 2.75) is 38.5 Å². The molecule has 0 spiro atoms. The smallest absolute Gasteiger partial charge is 0.257 e. The van der Waals surface area contributed by atoms with Gasteiger partial charge in [-0.2, -0.15) is 0 Å². The van der Waals surface area contributed by atoms with Crippen LogP contribution in [0.15, 0.2) is 12.1 Å². The van der Waals surface area contributed by atoms with Gasteiger partial charge in [0.1, 0.15) is 11.4 Å². The Morgan fingerprint density at radius 1 is 0.958 bits per heavy atom. The van der Waals surface area contributed by atoms with Gasteiger partial charge in [0.15, 0.2) is 11.6 Å². The summed E-state index contributed by atoms with van der Waals surface area (Å²) in [6.45, 7) is 0.153. The van der Waals surface area contributed by atoms with Crippen molar-refractivity contribution in [2.75, 3.05) is 13.1 Å². The molecule has 1 aliphatic carbocycles. The molecule has 1 saturated carbocycles. The van der Waals surface area contributed by atoms with Crippen molar-refractivity contribution < 1.29 is 22.8 Å². The highest BCUT2D eigenvalue weighted by Crippen LogP contribution is 2.25. The zero-order chi connectivity index (χ0) is 17.5. The molecule has 0 saturated heterocycles. The second kappa shape index (κ2) is 8.70. The Labute approximate surface area is 138 Å². The molecule has 2 rings (SSSR count). The topological polar surface area (TPSA) is 58.2 Å². The van der Waals surface area contributed by atoms with Gasteiger partial charge in [-0.25, -0.2) is 13.2 Å². The van der Waals surface area contributed by atoms with Crippen LogP contribution in [0.4, 0.5) is 13.2 Å². The minimum Gasteiger partial charge on any atom is -0.354 e. The summed E-state index contributed by atoms with van der Waals surface area (Å²) < 4.78 is 40.0. The molecule has 1 aromatic rings. The highest BCUT2D eigenvalue weighted by Gasteiger charge is 2.20. The Hall–Kier alpha value is -2.05. The van der Waals surface area contributed by atoms with Crippen LogP contribution in [0.5, 0.6) is 0 Å². The first-order chi connectivity index (χ1) is 11.5. The lowest BCUT2D eigenvalue weighted by Gasteiger charge is -2.20. The quantitative estimate of drug-likeness (QED) is 0.617. The maximum Gasteiger partial charge on any atom is 0.257 e. The van der Waals surface area contributed by atoms with Crippen molar-refractivity contribution >= 4 is 11.8 Å². The average molecular weight is 342 g/mol.